The van der Waals surface area contributed by atoms with Crippen LogP contribution in [-0.4, -0.2) is 35.3 Å². The lowest BCUT2D eigenvalue weighted by Crippen LogP contribution is -2.45. The van der Waals surface area contributed by atoms with Crippen molar-refractivity contribution in [2.75, 3.05) is 11.4 Å². The van der Waals surface area contributed by atoms with E-state index < -0.39 is 16.1 Å². The highest BCUT2D eigenvalue weighted by Crippen LogP contribution is 2.33. The first-order chi connectivity index (χ1) is 18.0. The van der Waals surface area contributed by atoms with Gasteiger partial charge in [0.15, 0.2) is 0 Å². The number of rotatable bonds is 6. The Hall–Kier alpha value is -4.44. The fourth-order valence-electron chi connectivity index (χ4n) is 4.75. The number of H-pyrrole nitrogens is 1. The molecule has 2 heterocycles. The number of anilines is 1. The Morgan fingerprint density at radius 3 is 2.49 bits per heavy atom. The van der Waals surface area contributed by atoms with Gasteiger partial charge in [0.2, 0.25) is 10.0 Å². The van der Waals surface area contributed by atoms with Gasteiger partial charge in [-0.1, -0.05) is 36.4 Å². The van der Waals surface area contributed by atoms with Crippen LogP contribution < -0.4 is 4.90 Å². The third-order valence-corrected chi connectivity index (χ3v) is 8.41. The third-order valence-electron chi connectivity index (χ3n) is 6.51. The highest BCUT2D eigenvalue weighted by molar-refractivity contribution is 7.89. The van der Waals surface area contributed by atoms with Crippen molar-refractivity contribution in [1.82, 2.24) is 14.3 Å². The molecular formula is C28H24N6O2S. The summed E-state index contributed by atoms with van der Waals surface area (Å²) >= 11 is 0. The summed E-state index contributed by atoms with van der Waals surface area (Å²) < 4.78 is 29.7. The van der Waals surface area contributed by atoms with E-state index in [4.69, 9.17) is 0 Å². The zero-order valence-electron chi connectivity index (χ0n) is 19.9. The smallest absolute Gasteiger partial charge is 0.243 e. The van der Waals surface area contributed by atoms with Crippen LogP contribution in [0.3, 0.4) is 0 Å². The number of nitriles is 2. The molecule has 9 heteroatoms. The molecule has 1 aliphatic rings. The third kappa shape index (κ3) is 5.10. The minimum Gasteiger partial charge on any atom is -0.364 e. The van der Waals surface area contributed by atoms with Crippen LogP contribution in [0.4, 0.5) is 5.69 Å². The summed E-state index contributed by atoms with van der Waals surface area (Å²) in [5, 5.41) is 18.9. The molecule has 8 nitrogen and oxygen atoms in total. The van der Waals surface area contributed by atoms with Crippen LogP contribution in [0.1, 0.15) is 27.9 Å². The number of aromatic nitrogens is 2. The molecule has 0 radical (unpaired) electrons. The number of nitrogens with one attached hydrogen (secondary N) is 1. The van der Waals surface area contributed by atoms with Gasteiger partial charge in [-0.15, -0.1) is 0 Å². The second kappa shape index (κ2) is 10.3. The van der Waals surface area contributed by atoms with Crippen LogP contribution in [0.25, 0.3) is 0 Å². The molecule has 3 aromatic carbocycles. The molecule has 1 N–H and O–H groups in total. The highest BCUT2D eigenvalue weighted by atomic mass is 32.2. The molecule has 0 fully saturated rings. The first kappa shape index (κ1) is 24.3. The van der Waals surface area contributed by atoms with Crippen LogP contribution in [0.5, 0.6) is 0 Å². The molecular weight excluding hydrogens is 484 g/mol. The summed E-state index contributed by atoms with van der Waals surface area (Å²) in [5.41, 5.74) is 4.27. The van der Waals surface area contributed by atoms with Crippen molar-refractivity contribution < 1.29 is 8.42 Å². The molecule has 1 aliphatic heterocycles. The summed E-state index contributed by atoms with van der Waals surface area (Å²) in [4.78, 5) is 9.48. The van der Waals surface area contributed by atoms with Crippen LogP contribution in [-0.2, 0) is 29.5 Å². The summed E-state index contributed by atoms with van der Waals surface area (Å²) in [6.07, 6.45) is 3.87. The van der Waals surface area contributed by atoms with Gasteiger partial charge in [-0.05, 0) is 53.9 Å². The van der Waals surface area contributed by atoms with Gasteiger partial charge in [0, 0.05) is 31.0 Å². The lowest BCUT2D eigenvalue weighted by atomic mass is 10.1. The zero-order valence-corrected chi connectivity index (χ0v) is 20.8. The van der Waals surface area contributed by atoms with E-state index in [1.54, 1.807) is 36.8 Å². The predicted molar refractivity (Wildman–Crippen MR) is 139 cm³/mol. The number of hydrogen-bond donors (Lipinski definition) is 1. The van der Waals surface area contributed by atoms with Crippen molar-refractivity contribution in [2.45, 2.75) is 30.4 Å². The van der Waals surface area contributed by atoms with E-state index in [1.165, 1.54) is 16.4 Å². The van der Waals surface area contributed by atoms with Crippen LogP contribution in [0, 0.1) is 22.7 Å². The first-order valence-corrected chi connectivity index (χ1v) is 13.2. The summed E-state index contributed by atoms with van der Waals surface area (Å²) in [6.45, 7) is 1.02. The standard InChI is InChI=1S/C28H24N6O2S/c29-14-22-7-4-8-27(13-22)37(35,36)34-17-24-11-23(15-30)9-10-28(24)33(18-25-16-31-20-32-25)19-26(34)12-21-5-2-1-3-6-21/h1-11,13,16,20,26H,12,17-19H2,(H,31,32). The minimum atomic E-state index is -3.98. The van der Waals surface area contributed by atoms with Gasteiger partial charge in [-0.3, -0.25) is 0 Å². The second-order valence-electron chi connectivity index (χ2n) is 8.95. The number of sulfonamides is 1. The Morgan fingerprint density at radius 2 is 1.76 bits per heavy atom. The molecule has 0 saturated heterocycles. The number of imidazole rings is 1. The maximum absolute atomic E-state index is 14.1. The molecule has 4 aromatic rings. The van der Waals surface area contributed by atoms with E-state index in [9.17, 15) is 18.9 Å². The second-order valence-corrected chi connectivity index (χ2v) is 10.8. The molecule has 1 atom stereocenters. The lowest BCUT2D eigenvalue weighted by molar-refractivity contribution is 0.318. The van der Waals surface area contributed by atoms with Gasteiger partial charge in [-0.25, -0.2) is 13.4 Å². The van der Waals surface area contributed by atoms with Gasteiger partial charge < -0.3 is 9.88 Å². The van der Waals surface area contributed by atoms with Crippen molar-refractivity contribution >= 4 is 15.7 Å². The minimum absolute atomic E-state index is 0.0737. The van der Waals surface area contributed by atoms with E-state index >= 15 is 0 Å². The summed E-state index contributed by atoms with van der Waals surface area (Å²) in [7, 11) is -3.98. The average molecular weight is 509 g/mol. The normalized spacial score (nSPS) is 15.8. The van der Waals surface area contributed by atoms with Crippen molar-refractivity contribution in [3.63, 3.8) is 0 Å². The van der Waals surface area contributed by atoms with Crippen LogP contribution in [0.2, 0.25) is 0 Å². The quantitative estimate of drug-likeness (QED) is 0.421. The molecule has 37 heavy (non-hydrogen) atoms. The molecule has 0 bridgehead atoms. The van der Waals surface area contributed by atoms with Crippen molar-refractivity contribution in [1.29, 1.82) is 10.5 Å². The van der Waals surface area contributed by atoms with Crippen molar-refractivity contribution in [3.8, 4) is 12.1 Å². The van der Waals surface area contributed by atoms with Crippen LogP contribution >= 0.6 is 0 Å². The SMILES string of the molecule is N#Cc1cccc(S(=O)(=O)N2Cc3cc(C#N)ccc3N(Cc3cnc[nH]3)CC2Cc2ccccc2)c1. The van der Waals surface area contributed by atoms with E-state index in [0.717, 1.165) is 22.5 Å². The van der Waals surface area contributed by atoms with Crippen molar-refractivity contribution in [2.24, 2.45) is 0 Å². The maximum atomic E-state index is 14.1. The van der Waals surface area contributed by atoms with Gasteiger partial charge in [0.05, 0.1) is 46.7 Å². The molecule has 1 aromatic heterocycles. The molecule has 1 unspecified atom stereocenters. The monoisotopic (exact) mass is 508 g/mol. The van der Waals surface area contributed by atoms with E-state index in [-0.39, 0.29) is 17.0 Å². The number of benzene rings is 3. The molecule has 0 saturated carbocycles. The number of hydrogen-bond acceptors (Lipinski definition) is 6. The summed E-state index contributed by atoms with van der Waals surface area (Å²) in [6, 6.07) is 25.1. The molecule has 5 rings (SSSR count). The lowest BCUT2D eigenvalue weighted by Gasteiger charge is -2.32. The predicted octanol–water partition coefficient (Wildman–Crippen LogP) is 3.98. The summed E-state index contributed by atoms with van der Waals surface area (Å²) in [5.74, 6) is 0. The fourth-order valence-corrected chi connectivity index (χ4v) is 6.39. The van der Waals surface area contributed by atoms with Gasteiger partial charge in [-0.2, -0.15) is 14.8 Å². The Kier molecular flexibility index (Phi) is 6.74. The van der Waals surface area contributed by atoms with Gasteiger partial charge in [0.25, 0.3) is 0 Å². The molecule has 0 aliphatic carbocycles. The number of fused-ring (bicyclic) bond motifs is 1. The van der Waals surface area contributed by atoms with Crippen molar-refractivity contribution in [3.05, 3.63) is 113 Å². The number of nitrogens with zero attached hydrogens (tertiary/aromatic N) is 5. The molecule has 184 valence electrons. The Labute approximate surface area is 216 Å². The zero-order chi connectivity index (χ0) is 25.8. The topological polar surface area (TPSA) is 117 Å². The van der Waals surface area contributed by atoms with E-state index in [0.29, 0.717) is 25.1 Å². The Bertz CT molecular complexity index is 1590. The van der Waals surface area contributed by atoms with E-state index in [1.807, 2.05) is 42.5 Å². The number of aromatic amines is 1. The largest absolute Gasteiger partial charge is 0.364 e. The Morgan fingerprint density at radius 1 is 0.973 bits per heavy atom. The molecule has 0 amide bonds. The van der Waals surface area contributed by atoms with Gasteiger partial charge in [0.1, 0.15) is 0 Å². The first-order valence-electron chi connectivity index (χ1n) is 11.8. The highest BCUT2D eigenvalue weighted by Gasteiger charge is 2.36. The maximum Gasteiger partial charge on any atom is 0.243 e. The van der Waals surface area contributed by atoms with Gasteiger partial charge >= 0.3 is 0 Å². The Balaban J connectivity index is 1.64. The molecule has 0 spiro atoms. The average Bonchev–Trinajstić information content (AvgIpc) is 3.39. The van der Waals surface area contributed by atoms with E-state index in [2.05, 4.69) is 20.9 Å². The van der Waals surface area contributed by atoms with Crippen LogP contribution in [0.15, 0.2) is 90.2 Å². The fraction of sp³-hybridized carbons (Fsp3) is 0.179.